The molecule has 1 aliphatic rings. The third-order valence-electron chi connectivity index (χ3n) is 4.13. The second-order valence-electron chi connectivity index (χ2n) is 5.99. The molecule has 1 saturated heterocycles. The second-order valence-corrected chi connectivity index (χ2v) is 5.99. The zero-order valence-electron chi connectivity index (χ0n) is 15.7. The highest BCUT2D eigenvalue weighted by molar-refractivity contribution is 6.13. The van der Waals surface area contributed by atoms with Crippen LogP contribution in [0.25, 0.3) is 6.08 Å². The quantitative estimate of drug-likeness (QED) is 0.235. The number of methoxy groups -OCH3 is 2. The normalized spacial score (nSPS) is 14.7. The van der Waals surface area contributed by atoms with Crippen LogP contribution in [0.3, 0.4) is 0 Å². The summed E-state index contributed by atoms with van der Waals surface area (Å²) in [6.07, 6.45) is 1.21. The van der Waals surface area contributed by atoms with E-state index in [4.69, 9.17) is 9.15 Å². The summed E-state index contributed by atoms with van der Waals surface area (Å²) in [5, 5.41) is 23.3. The number of nitrogens with zero attached hydrogens (tertiary/aromatic N) is 2. The molecular weight excluding hydrogens is 402 g/mol. The molecule has 0 atom stereocenters. The van der Waals surface area contributed by atoms with Gasteiger partial charge in [0, 0.05) is 6.07 Å². The van der Waals surface area contributed by atoms with Gasteiger partial charge in [-0.25, -0.2) is 9.59 Å². The summed E-state index contributed by atoms with van der Waals surface area (Å²) in [6.45, 7) is -0.252. The number of amides is 3. The molecule has 12 heteroatoms. The zero-order valence-corrected chi connectivity index (χ0v) is 15.7. The van der Waals surface area contributed by atoms with E-state index in [1.807, 2.05) is 0 Å². The Morgan fingerprint density at radius 1 is 1.33 bits per heavy atom. The Morgan fingerprint density at radius 2 is 2.07 bits per heavy atom. The monoisotopic (exact) mass is 417 g/mol. The molecule has 1 fully saturated rings. The van der Waals surface area contributed by atoms with Crippen LogP contribution in [0, 0.1) is 10.1 Å². The van der Waals surface area contributed by atoms with Crippen LogP contribution in [-0.2, 0) is 16.1 Å². The lowest BCUT2D eigenvalue weighted by Gasteiger charge is -2.09. The first-order valence-electron chi connectivity index (χ1n) is 8.32. The molecule has 2 N–H and O–H groups in total. The Hall–Kier alpha value is -4.35. The summed E-state index contributed by atoms with van der Waals surface area (Å²) in [5.74, 6) is -2.17. The van der Waals surface area contributed by atoms with Crippen LogP contribution >= 0.6 is 0 Å². The predicted molar refractivity (Wildman–Crippen MR) is 98.4 cm³/mol. The number of aromatic hydroxyl groups is 1. The lowest BCUT2D eigenvalue weighted by molar-refractivity contribution is -0.386. The van der Waals surface area contributed by atoms with Crippen molar-refractivity contribution in [3.8, 4) is 11.5 Å². The number of hydrogen-bond donors (Lipinski definition) is 2. The van der Waals surface area contributed by atoms with Crippen LogP contribution in [0.2, 0.25) is 0 Å². The highest BCUT2D eigenvalue weighted by Crippen LogP contribution is 2.37. The standard InChI is InChI=1S/C18H15N3O9/c1-28-14-7-9(6-12(15(14)22)21(26)27)5-11-16(23)20(18(25)19-11)8-10-3-4-13(30-10)17(24)29-2/h3-7,22H,8H2,1-2H3,(H,19,25)/b11-5-. The number of nitrogens with one attached hydrogen (secondary N) is 1. The zero-order chi connectivity index (χ0) is 22.0. The molecule has 2 heterocycles. The largest absolute Gasteiger partial charge is 0.500 e. The smallest absolute Gasteiger partial charge is 0.373 e. The van der Waals surface area contributed by atoms with Crippen LogP contribution in [0.15, 0.2) is 34.4 Å². The molecule has 1 aromatic heterocycles. The third-order valence-corrected chi connectivity index (χ3v) is 4.13. The molecule has 0 bridgehead atoms. The van der Waals surface area contributed by atoms with Gasteiger partial charge in [0.05, 0.1) is 25.7 Å². The molecule has 0 unspecified atom stereocenters. The molecule has 0 saturated carbocycles. The fraction of sp³-hybridized carbons (Fsp3) is 0.167. The minimum absolute atomic E-state index is 0.0844. The first kappa shape index (κ1) is 20.4. The van der Waals surface area contributed by atoms with Crippen molar-refractivity contribution in [3.05, 3.63) is 57.2 Å². The number of phenols is 1. The summed E-state index contributed by atoms with van der Waals surface area (Å²) >= 11 is 0. The number of carbonyl (C=O) groups is 3. The van der Waals surface area contributed by atoms with E-state index in [-0.39, 0.29) is 35.1 Å². The molecule has 12 nitrogen and oxygen atoms in total. The number of hydrogen-bond acceptors (Lipinski definition) is 9. The fourth-order valence-corrected chi connectivity index (χ4v) is 2.70. The number of phenolic OH excluding ortho intramolecular Hbond substituents is 1. The fourth-order valence-electron chi connectivity index (χ4n) is 2.70. The van der Waals surface area contributed by atoms with E-state index in [2.05, 4.69) is 10.1 Å². The Labute approximate surface area is 168 Å². The van der Waals surface area contributed by atoms with Gasteiger partial charge >= 0.3 is 17.7 Å². The van der Waals surface area contributed by atoms with Crippen molar-refractivity contribution in [2.24, 2.45) is 0 Å². The Morgan fingerprint density at radius 3 is 2.70 bits per heavy atom. The molecule has 3 rings (SSSR count). The van der Waals surface area contributed by atoms with Crippen molar-refractivity contribution in [1.82, 2.24) is 10.2 Å². The Kier molecular flexibility index (Phi) is 5.40. The average molecular weight is 417 g/mol. The molecule has 1 aromatic carbocycles. The van der Waals surface area contributed by atoms with Crippen molar-refractivity contribution < 1.29 is 38.3 Å². The Balaban J connectivity index is 1.86. The van der Waals surface area contributed by atoms with Crippen LogP contribution in [-0.4, -0.2) is 47.1 Å². The number of esters is 1. The van der Waals surface area contributed by atoms with Crippen molar-refractivity contribution >= 4 is 29.7 Å². The number of nitro benzene ring substituents is 1. The molecule has 30 heavy (non-hydrogen) atoms. The average Bonchev–Trinajstić information content (AvgIpc) is 3.29. The highest BCUT2D eigenvalue weighted by Gasteiger charge is 2.34. The summed E-state index contributed by atoms with van der Waals surface area (Å²) in [6, 6.07) is 4.32. The number of urea groups is 1. The molecule has 2 aromatic rings. The number of ether oxygens (including phenoxy) is 2. The maximum atomic E-state index is 12.6. The molecule has 0 radical (unpaired) electrons. The van der Waals surface area contributed by atoms with Gasteiger partial charge in [-0.1, -0.05) is 0 Å². The highest BCUT2D eigenvalue weighted by atomic mass is 16.6. The van der Waals surface area contributed by atoms with Gasteiger partial charge in [-0.3, -0.25) is 19.8 Å². The van der Waals surface area contributed by atoms with Gasteiger partial charge in [-0.2, -0.15) is 0 Å². The van der Waals surface area contributed by atoms with Gasteiger partial charge in [0.15, 0.2) is 5.75 Å². The summed E-state index contributed by atoms with van der Waals surface area (Å²) in [7, 11) is 2.40. The van der Waals surface area contributed by atoms with Crippen LogP contribution < -0.4 is 10.1 Å². The molecule has 1 aliphatic heterocycles. The van der Waals surface area contributed by atoms with Crippen molar-refractivity contribution in [3.63, 3.8) is 0 Å². The van der Waals surface area contributed by atoms with Gasteiger partial charge in [0.25, 0.3) is 5.91 Å². The topological polar surface area (TPSA) is 161 Å². The van der Waals surface area contributed by atoms with E-state index in [0.29, 0.717) is 0 Å². The lowest BCUT2D eigenvalue weighted by Crippen LogP contribution is -2.30. The predicted octanol–water partition coefficient (Wildman–Crippen LogP) is 1.78. The number of nitro groups is 1. The molecule has 0 spiro atoms. The van der Waals surface area contributed by atoms with E-state index >= 15 is 0 Å². The van der Waals surface area contributed by atoms with Gasteiger partial charge in [-0.15, -0.1) is 0 Å². The maximum Gasteiger partial charge on any atom is 0.373 e. The minimum Gasteiger partial charge on any atom is -0.500 e. The SMILES string of the molecule is COC(=O)c1ccc(CN2C(=O)N/C(=C\c3cc(OC)c(O)c([N+](=O)[O-])c3)C2=O)o1. The number of imide groups is 1. The van der Waals surface area contributed by atoms with Gasteiger partial charge in [0.1, 0.15) is 11.5 Å². The van der Waals surface area contributed by atoms with Crippen molar-refractivity contribution in [2.45, 2.75) is 6.54 Å². The first-order chi connectivity index (χ1) is 14.2. The van der Waals surface area contributed by atoms with Gasteiger partial charge < -0.3 is 24.3 Å². The Bertz CT molecular complexity index is 1090. The number of furan rings is 1. The number of carbonyl (C=O) groups excluding carboxylic acids is 3. The molecule has 3 amide bonds. The molecule has 0 aliphatic carbocycles. The van der Waals surface area contributed by atoms with Crippen LogP contribution in [0.1, 0.15) is 21.9 Å². The summed E-state index contributed by atoms with van der Waals surface area (Å²) in [5.41, 5.74) is -0.629. The van der Waals surface area contributed by atoms with Crippen molar-refractivity contribution in [1.29, 1.82) is 0 Å². The number of rotatable bonds is 6. The minimum atomic E-state index is -0.809. The summed E-state index contributed by atoms with van der Waals surface area (Å²) < 4.78 is 14.7. The first-order valence-corrected chi connectivity index (χ1v) is 8.32. The van der Waals surface area contributed by atoms with Crippen LogP contribution in [0.5, 0.6) is 11.5 Å². The third kappa shape index (κ3) is 3.78. The van der Waals surface area contributed by atoms with E-state index in [9.17, 15) is 29.6 Å². The van der Waals surface area contributed by atoms with E-state index in [0.717, 1.165) is 11.0 Å². The summed E-state index contributed by atoms with van der Waals surface area (Å²) in [4.78, 5) is 47.3. The van der Waals surface area contributed by atoms with Crippen LogP contribution in [0.4, 0.5) is 10.5 Å². The van der Waals surface area contributed by atoms with E-state index in [1.54, 1.807) is 0 Å². The van der Waals surface area contributed by atoms with E-state index in [1.165, 1.54) is 38.5 Å². The van der Waals surface area contributed by atoms with Crippen molar-refractivity contribution in [2.75, 3.05) is 14.2 Å². The molecule has 156 valence electrons. The van der Waals surface area contributed by atoms with Gasteiger partial charge in [-0.05, 0) is 29.8 Å². The second kappa shape index (κ2) is 7.95. The number of benzene rings is 1. The lowest BCUT2D eigenvalue weighted by atomic mass is 10.1. The van der Waals surface area contributed by atoms with Gasteiger partial charge in [0.2, 0.25) is 11.5 Å². The molecular formula is C18H15N3O9. The maximum absolute atomic E-state index is 12.6. The van der Waals surface area contributed by atoms with E-state index < -0.39 is 34.3 Å².